The summed E-state index contributed by atoms with van der Waals surface area (Å²) in [6.45, 7) is 6.04. The third-order valence-corrected chi connectivity index (χ3v) is 3.76. The van der Waals surface area contributed by atoms with Gasteiger partial charge in [0.15, 0.2) is 0 Å². The number of amides is 1. The van der Waals surface area contributed by atoms with Gasteiger partial charge in [-0.05, 0) is 38.3 Å². The monoisotopic (exact) mass is 328 g/mol. The third-order valence-electron chi connectivity index (χ3n) is 3.76. The summed E-state index contributed by atoms with van der Waals surface area (Å²) < 4.78 is 0. The van der Waals surface area contributed by atoms with Crippen molar-refractivity contribution in [1.29, 1.82) is 0 Å². The molecule has 1 amide bonds. The summed E-state index contributed by atoms with van der Waals surface area (Å²) in [5.41, 5.74) is 8.63. The van der Waals surface area contributed by atoms with Gasteiger partial charge in [-0.1, -0.05) is 23.8 Å². The number of nitrogens with zero attached hydrogens (tertiary/aromatic N) is 2. The van der Waals surface area contributed by atoms with Gasteiger partial charge in [0.2, 0.25) is 0 Å². The maximum absolute atomic E-state index is 11.5. The molecule has 1 aromatic carbocycles. The number of nitrogens with two attached hydrogens (primary N) is 1. The van der Waals surface area contributed by atoms with E-state index < -0.39 is 10.8 Å². The highest BCUT2D eigenvalue weighted by molar-refractivity contribution is 5.98. The lowest BCUT2D eigenvalue weighted by molar-refractivity contribution is -0.385. The molecule has 24 heavy (non-hydrogen) atoms. The number of carbonyl (C=O) groups excluding carboxylic acids is 1. The quantitative estimate of drug-likeness (QED) is 0.625. The van der Waals surface area contributed by atoms with Crippen LogP contribution in [0.15, 0.2) is 30.5 Å². The minimum absolute atomic E-state index is 0.0108. The number of carbonyl (C=O) groups is 1. The first kappa shape index (κ1) is 17.4. The van der Waals surface area contributed by atoms with Gasteiger partial charge >= 0.3 is 0 Å². The van der Waals surface area contributed by atoms with E-state index >= 15 is 0 Å². The van der Waals surface area contributed by atoms with Gasteiger partial charge in [-0.25, -0.2) is 4.98 Å². The second kappa shape index (κ2) is 7.08. The van der Waals surface area contributed by atoms with Crippen LogP contribution in [0.5, 0.6) is 0 Å². The van der Waals surface area contributed by atoms with E-state index in [0.29, 0.717) is 0 Å². The number of nitro groups is 1. The van der Waals surface area contributed by atoms with Crippen molar-refractivity contribution in [3.63, 3.8) is 0 Å². The number of aryl methyl sites for hydroxylation is 2. The normalized spacial score (nSPS) is 11.8. The Morgan fingerprint density at radius 1 is 1.38 bits per heavy atom. The molecular formula is C17H20N4O3. The van der Waals surface area contributed by atoms with Gasteiger partial charge in [0.1, 0.15) is 12.0 Å². The molecule has 126 valence electrons. The number of anilines is 1. The molecule has 0 aliphatic heterocycles. The van der Waals surface area contributed by atoms with Crippen molar-refractivity contribution < 1.29 is 9.72 Å². The lowest BCUT2D eigenvalue weighted by atomic mass is 10.00. The predicted molar refractivity (Wildman–Crippen MR) is 92.1 cm³/mol. The maximum Gasteiger partial charge on any atom is 0.288 e. The van der Waals surface area contributed by atoms with E-state index in [4.69, 9.17) is 5.73 Å². The number of benzene rings is 1. The number of hydrogen-bond donors (Lipinski definition) is 2. The first-order valence-electron chi connectivity index (χ1n) is 7.55. The number of rotatable bonds is 6. The minimum atomic E-state index is -0.757. The summed E-state index contributed by atoms with van der Waals surface area (Å²) in [6, 6.07) is 7.34. The van der Waals surface area contributed by atoms with Gasteiger partial charge in [0, 0.05) is 12.1 Å². The first-order valence-corrected chi connectivity index (χ1v) is 7.55. The SMILES string of the molecule is Cc1ccc(CC(C)Nc2ncc([N+](=O)[O-])cc2C(N)=O)c(C)c1. The van der Waals surface area contributed by atoms with Crippen molar-refractivity contribution >= 4 is 17.4 Å². The molecule has 1 heterocycles. The van der Waals surface area contributed by atoms with Crippen LogP contribution >= 0.6 is 0 Å². The van der Waals surface area contributed by atoms with Crippen molar-refractivity contribution in [2.75, 3.05) is 5.32 Å². The molecule has 0 radical (unpaired) electrons. The Kier molecular flexibility index (Phi) is 5.13. The van der Waals surface area contributed by atoms with Crippen LogP contribution in [0.2, 0.25) is 0 Å². The zero-order chi connectivity index (χ0) is 17.9. The Morgan fingerprint density at radius 3 is 2.67 bits per heavy atom. The average molecular weight is 328 g/mol. The van der Waals surface area contributed by atoms with Crippen molar-refractivity contribution in [3.8, 4) is 0 Å². The zero-order valence-electron chi connectivity index (χ0n) is 13.9. The van der Waals surface area contributed by atoms with Crippen LogP contribution in [0.4, 0.5) is 11.5 Å². The van der Waals surface area contributed by atoms with Crippen LogP contribution in [-0.4, -0.2) is 21.9 Å². The van der Waals surface area contributed by atoms with E-state index in [2.05, 4.69) is 22.4 Å². The molecule has 2 rings (SSSR count). The summed E-state index contributed by atoms with van der Waals surface area (Å²) in [4.78, 5) is 25.7. The van der Waals surface area contributed by atoms with E-state index in [0.717, 1.165) is 18.7 Å². The van der Waals surface area contributed by atoms with Crippen LogP contribution in [0, 0.1) is 24.0 Å². The van der Waals surface area contributed by atoms with E-state index in [9.17, 15) is 14.9 Å². The molecule has 0 fully saturated rings. The molecule has 7 nitrogen and oxygen atoms in total. The van der Waals surface area contributed by atoms with Gasteiger partial charge in [0.25, 0.3) is 11.6 Å². The van der Waals surface area contributed by atoms with Crippen molar-refractivity contribution in [2.45, 2.75) is 33.2 Å². The van der Waals surface area contributed by atoms with E-state index in [1.54, 1.807) is 0 Å². The molecule has 1 unspecified atom stereocenters. The highest BCUT2D eigenvalue weighted by Crippen LogP contribution is 2.20. The summed E-state index contributed by atoms with van der Waals surface area (Å²) in [7, 11) is 0. The van der Waals surface area contributed by atoms with Crippen LogP contribution in [0.25, 0.3) is 0 Å². The van der Waals surface area contributed by atoms with Gasteiger partial charge in [-0.2, -0.15) is 0 Å². The number of nitrogens with one attached hydrogen (secondary N) is 1. The van der Waals surface area contributed by atoms with Crippen molar-refractivity contribution in [2.24, 2.45) is 5.73 Å². The fourth-order valence-electron chi connectivity index (χ4n) is 2.55. The Labute approximate surface area is 140 Å². The van der Waals surface area contributed by atoms with Crippen molar-refractivity contribution in [3.05, 3.63) is 62.8 Å². The number of primary amides is 1. The highest BCUT2D eigenvalue weighted by Gasteiger charge is 2.17. The van der Waals surface area contributed by atoms with Crippen molar-refractivity contribution in [1.82, 2.24) is 4.98 Å². The van der Waals surface area contributed by atoms with Gasteiger partial charge in [-0.3, -0.25) is 14.9 Å². The molecule has 2 aromatic rings. The van der Waals surface area contributed by atoms with E-state index in [-0.39, 0.29) is 23.1 Å². The van der Waals surface area contributed by atoms with E-state index in [1.165, 1.54) is 16.7 Å². The average Bonchev–Trinajstić information content (AvgIpc) is 2.50. The summed E-state index contributed by atoms with van der Waals surface area (Å²) in [5, 5.41) is 13.9. The van der Waals surface area contributed by atoms with Crippen LogP contribution in [0.1, 0.15) is 34.0 Å². The third kappa shape index (κ3) is 4.07. The molecule has 0 bridgehead atoms. The molecule has 3 N–H and O–H groups in total. The van der Waals surface area contributed by atoms with Crippen LogP contribution < -0.4 is 11.1 Å². The predicted octanol–water partition coefficient (Wildman–Crippen LogP) is 2.75. The smallest absolute Gasteiger partial charge is 0.288 e. The molecule has 0 aliphatic rings. The first-order chi connectivity index (χ1) is 11.3. The fraction of sp³-hybridized carbons (Fsp3) is 0.294. The fourth-order valence-corrected chi connectivity index (χ4v) is 2.55. The largest absolute Gasteiger partial charge is 0.367 e. The molecule has 1 aromatic heterocycles. The number of pyridine rings is 1. The lowest BCUT2D eigenvalue weighted by Gasteiger charge is -2.17. The topological polar surface area (TPSA) is 111 Å². The maximum atomic E-state index is 11.5. The Balaban J connectivity index is 2.20. The molecule has 1 atom stereocenters. The van der Waals surface area contributed by atoms with Gasteiger partial charge in [0.05, 0.1) is 10.5 Å². The molecule has 0 aliphatic carbocycles. The second-order valence-electron chi connectivity index (χ2n) is 5.89. The van der Waals surface area contributed by atoms with E-state index in [1.807, 2.05) is 26.8 Å². The Bertz CT molecular complexity index is 789. The van der Waals surface area contributed by atoms with Crippen LogP contribution in [-0.2, 0) is 6.42 Å². The second-order valence-corrected chi connectivity index (χ2v) is 5.89. The standard InChI is InChI=1S/C17H20N4O3/c1-10-4-5-13(11(2)6-10)7-12(3)20-17-15(16(18)22)8-14(9-19-17)21(23)24/h4-6,8-9,12H,7H2,1-3H3,(H2,18,22)(H,19,20). The molecular weight excluding hydrogens is 308 g/mol. The number of hydrogen-bond acceptors (Lipinski definition) is 5. The van der Waals surface area contributed by atoms with Gasteiger partial charge in [-0.15, -0.1) is 0 Å². The molecule has 0 saturated heterocycles. The van der Waals surface area contributed by atoms with Crippen LogP contribution in [0.3, 0.4) is 0 Å². The minimum Gasteiger partial charge on any atom is -0.367 e. The Morgan fingerprint density at radius 2 is 2.08 bits per heavy atom. The molecule has 7 heteroatoms. The summed E-state index contributed by atoms with van der Waals surface area (Å²) >= 11 is 0. The lowest BCUT2D eigenvalue weighted by Crippen LogP contribution is -2.23. The summed E-state index contributed by atoms with van der Waals surface area (Å²) in [6.07, 6.45) is 1.83. The van der Waals surface area contributed by atoms with Gasteiger partial charge < -0.3 is 11.1 Å². The zero-order valence-corrected chi connectivity index (χ0v) is 13.9. The highest BCUT2D eigenvalue weighted by atomic mass is 16.6. The molecule has 0 saturated carbocycles. The number of aromatic nitrogens is 1. The summed E-state index contributed by atoms with van der Waals surface area (Å²) in [5.74, 6) is -0.502. The Hall–Kier alpha value is -2.96. The molecule has 0 spiro atoms.